The number of carbonyl (C=O) groups is 2. The maximum absolute atomic E-state index is 12.6. The summed E-state index contributed by atoms with van der Waals surface area (Å²) in [6.45, 7) is 4.26. The van der Waals surface area contributed by atoms with Gasteiger partial charge < -0.3 is 15.4 Å². The molecule has 2 aromatic rings. The molecule has 9 heteroatoms. The van der Waals surface area contributed by atoms with E-state index in [2.05, 4.69) is 29.2 Å². The molecule has 178 valence electrons. The van der Waals surface area contributed by atoms with E-state index < -0.39 is 22.3 Å². The summed E-state index contributed by atoms with van der Waals surface area (Å²) in [4.78, 5) is 24.5. The summed E-state index contributed by atoms with van der Waals surface area (Å²) >= 11 is 0. The Morgan fingerprint density at radius 1 is 1.09 bits per heavy atom. The van der Waals surface area contributed by atoms with Crippen LogP contribution in [0.2, 0.25) is 0 Å². The highest BCUT2D eigenvalue weighted by molar-refractivity contribution is 7.90. The summed E-state index contributed by atoms with van der Waals surface area (Å²) in [5.74, 6) is -0.262. The molecule has 0 aliphatic heterocycles. The predicted molar refractivity (Wildman–Crippen MR) is 125 cm³/mol. The van der Waals surface area contributed by atoms with Gasteiger partial charge in [0.2, 0.25) is 0 Å². The quantitative estimate of drug-likeness (QED) is 0.510. The van der Waals surface area contributed by atoms with Crippen molar-refractivity contribution in [2.45, 2.75) is 56.7 Å². The Labute approximate surface area is 195 Å². The van der Waals surface area contributed by atoms with Crippen LogP contribution in [0.1, 0.15) is 49.0 Å². The lowest BCUT2D eigenvalue weighted by Crippen LogP contribution is -2.43. The second-order valence-electron chi connectivity index (χ2n) is 9.09. The van der Waals surface area contributed by atoms with Crippen LogP contribution >= 0.6 is 0 Å². The molecule has 0 aromatic heterocycles. The number of nitrogens with one attached hydrogen (secondary N) is 3. The fourth-order valence-electron chi connectivity index (χ4n) is 3.99. The molecular formula is C24H31N3O5S. The first-order chi connectivity index (χ1) is 15.6. The molecule has 3 N–H and O–H groups in total. The molecule has 0 radical (unpaired) electrons. The zero-order valence-electron chi connectivity index (χ0n) is 19.1. The number of methoxy groups -OCH3 is 1. The lowest BCUT2D eigenvalue weighted by molar-refractivity contribution is 0.0582. The summed E-state index contributed by atoms with van der Waals surface area (Å²) in [6, 6.07) is 14.2. The Bertz CT molecular complexity index is 1070. The van der Waals surface area contributed by atoms with Gasteiger partial charge in [0.15, 0.2) is 0 Å². The molecule has 1 aliphatic rings. The van der Waals surface area contributed by atoms with E-state index in [0.717, 1.165) is 24.8 Å². The van der Waals surface area contributed by atoms with E-state index in [4.69, 9.17) is 4.74 Å². The number of hydrogen-bond donors (Lipinski definition) is 3. The highest BCUT2D eigenvalue weighted by atomic mass is 32.2. The van der Waals surface area contributed by atoms with Crippen LogP contribution in [0.3, 0.4) is 0 Å². The van der Waals surface area contributed by atoms with Crippen molar-refractivity contribution < 1.29 is 22.7 Å². The van der Waals surface area contributed by atoms with Gasteiger partial charge in [0.1, 0.15) is 6.23 Å². The van der Waals surface area contributed by atoms with E-state index >= 15 is 0 Å². The number of urea groups is 1. The van der Waals surface area contributed by atoms with Crippen molar-refractivity contribution >= 4 is 22.0 Å². The summed E-state index contributed by atoms with van der Waals surface area (Å²) in [5.41, 5.74) is 1.44. The molecule has 1 aliphatic carbocycles. The summed E-state index contributed by atoms with van der Waals surface area (Å²) in [7, 11) is -2.51. The number of carbonyl (C=O) groups excluding carboxylic acids is 2. The first-order valence-corrected chi connectivity index (χ1v) is 12.4. The molecule has 2 atom stereocenters. The van der Waals surface area contributed by atoms with Gasteiger partial charge in [-0.1, -0.05) is 44.2 Å². The van der Waals surface area contributed by atoms with E-state index in [1.54, 1.807) is 36.4 Å². The highest BCUT2D eigenvalue weighted by Crippen LogP contribution is 2.36. The molecule has 3 amide bonds. The van der Waals surface area contributed by atoms with Gasteiger partial charge in [0, 0.05) is 25.1 Å². The predicted octanol–water partition coefficient (Wildman–Crippen LogP) is 3.20. The van der Waals surface area contributed by atoms with E-state index in [1.807, 2.05) is 6.07 Å². The number of sulfonamides is 1. The first-order valence-electron chi connectivity index (χ1n) is 10.9. The molecule has 1 saturated carbocycles. The average molecular weight is 474 g/mol. The molecule has 0 heterocycles. The van der Waals surface area contributed by atoms with Crippen molar-refractivity contribution in [3.8, 4) is 0 Å². The van der Waals surface area contributed by atoms with Crippen LogP contribution in [-0.2, 0) is 21.2 Å². The lowest BCUT2D eigenvalue weighted by Gasteiger charge is -2.18. The minimum Gasteiger partial charge on any atom is -0.361 e. The summed E-state index contributed by atoms with van der Waals surface area (Å²) in [5, 5.41) is 5.55. The third-order valence-electron chi connectivity index (χ3n) is 5.80. The highest BCUT2D eigenvalue weighted by Gasteiger charge is 2.32. The van der Waals surface area contributed by atoms with Crippen molar-refractivity contribution in [1.82, 2.24) is 15.4 Å². The Balaban J connectivity index is 1.56. The van der Waals surface area contributed by atoms with Crippen molar-refractivity contribution in [2.24, 2.45) is 5.41 Å². The number of rotatable bonds is 8. The van der Waals surface area contributed by atoms with Crippen LogP contribution in [0.4, 0.5) is 4.79 Å². The van der Waals surface area contributed by atoms with Gasteiger partial charge in [0.05, 0.1) is 4.90 Å². The van der Waals surface area contributed by atoms with Crippen LogP contribution in [-0.4, -0.2) is 39.7 Å². The molecular weight excluding hydrogens is 442 g/mol. The standard InChI is InChI=1S/C24H31N3O5S/c1-24(2)14-13-19(16-24)25-23(29)27-33(30,31)20-11-9-17(10-12-20)15-21(32-3)26-22(28)18-7-5-4-6-8-18/h4-12,19,21H,13-16H2,1-3H3,(H,26,28)(H2,25,27,29). The smallest absolute Gasteiger partial charge is 0.328 e. The Kier molecular flexibility index (Phi) is 7.76. The average Bonchev–Trinajstić information content (AvgIpc) is 3.11. The molecule has 2 aromatic carbocycles. The number of hydrogen-bond acceptors (Lipinski definition) is 5. The third kappa shape index (κ3) is 7.03. The molecule has 8 nitrogen and oxygen atoms in total. The van der Waals surface area contributed by atoms with Crippen molar-refractivity contribution in [1.29, 1.82) is 0 Å². The zero-order valence-corrected chi connectivity index (χ0v) is 19.9. The van der Waals surface area contributed by atoms with Gasteiger partial charge in [-0.2, -0.15) is 0 Å². The monoisotopic (exact) mass is 473 g/mol. The van der Waals surface area contributed by atoms with E-state index in [9.17, 15) is 18.0 Å². The molecule has 0 bridgehead atoms. The molecule has 33 heavy (non-hydrogen) atoms. The van der Waals surface area contributed by atoms with Crippen molar-refractivity contribution in [2.75, 3.05) is 7.11 Å². The molecule has 1 fully saturated rings. The van der Waals surface area contributed by atoms with Gasteiger partial charge in [-0.3, -0.25) is 4.79 Å². The van der Waals surface area contributed by atoms with E-state index in [0.29, 0.717) is 12.0 Å². The Morgan fingerprint density at radius 3 is 2.33 bits per heavy atom. The molecule has 3 rings (SSSR count). The van der Waals surface area contributed by atoms with Crippen molar-refractivity contribution in [3.05, 3.63) is 65.7 Å². The molecule has 0 spiro atoms. The van der Waals surface area contributed by atoms with Gasteiger partial charge in [-0.15, -0.1) is 0 Å². The van der Waals surface area contributed by atoms with Gasteiger partial charge in [-0.25, -0.2) is 17.9 Å². The van der Waals surface area contributed by atoms with Crippen LogP contribution in [0.5, 0.6) is 0 Å². The van der Waals surface area contributed by atoms with Gasteiger partial charge in [0.25, 0.3) is 15.9 Å². The first kappa shape index (κ1) is 24.7. The van der Waals surface area contributed by atoms with E-state index in [1.165, 1.54) is 19.2 Å². The molecule has 0 saturated heterocycles. The topological polar surface area (TPSA) is 114 Å². The van der Waals surface area contributed by atoms with Crippen LogP contribution < -0.4 is 15.4 Å². The normalized spacial score (nSPS) is 18.3. The zero-order chi connectivity index (χ0) is 24.1. The lowest BCUT2D eigenvalue weighted by atomic mass is 9.92. The van der Waals surface area contributed by atoms with Crippen LogP contribution in [0.15, 0.2) is 59.5 Å². The maximum Gasteiger partial charge on any atom is 0.328 e. The number of ether oxygens (including phenoxy) is 1. The Hall–Kier alpha value is -2.91. The third-order valence-corrected chi connectivity index (χ3v) is 7.15. The number of amides is 3. The summed E-state index contributed by atoms with van der Waals surface area (Å²) in [6.07, 6.45) is 2.40. The van der Waals surface area contributed by atoms with Crippen LogP contribution in [0.25, 0.3) is 0 Å². The van der Waals surface area contributed by atoms with Gasteiger partial charge >= 0.3 is 6.03 Å². The second-order valence-corrected chi connectivity index (χ2v) is 10.8. The second kappa shape index (κ2) is 10.4. The molecule has 2 unspecified atom stereocenters. The fraction of sp³-hybridized carbons (Fsp3) is 0.417. The minimum absolute atomic E-state index is 0.0181. The maximum atomic E-state index is 12.6. The summed E-state index contributed by atoms with van der Waals surface area (Å²) < 4.78 is 32.6. The minimum atomic E-state index is -4.00. The largest absolute Gasteiger partial charge is 0.361 e. The van der Waals surface area contributed by atoms with Crippen molar-refractivity contribution in [3.63, 3.8) is 0 Å². The van der Waals surface area contributed by atoms with Gasteiger partial charge in [-0.05, 0) is 54.5 Å². The number of benzene rings is 2. The van der Waals surface area contributed by atoms with Crippen LogP contribution in [0, 0.1) is 5.41 Å². The Morgan fingerprint density at radius 2 is 1.76 bits per heavy atom. The van der Waals surface area contributed by atoms with E-state index in [-0.39, 0.29) is 22.3 Å². The SMILES string of the molecule is COC(Cc1ccc(S(=O)(=O)NC(=O)NC2CCC(C)(C)C2)cc1)NC(=O)c1ccccc1. The fourth-order valence-corrected chi connectivity index (χ4v) is 4.90.